The molecule has 0 radical (unpaired) electrons. The number of carbonyl (C=O) groups excluding carboxylic acids is 3. The van der Waals surface area contributed by atoms with Crippen LogP contribution in [0.4, 0.5) is 13.2 Å². The van der Waals surface area contributed by atoms with Gasteiger partial charge in [0.2, 0.25) is 6.29 Å². The van der Waals surface area contributed by atoms with Crippen LogP contribution in [-0.4, -0.2) is 46.4 Å². The first-order valence-electron chi connectivity index (χ1n) is 10.5. The van der Waals surface area contributed by atoms with Gasteiger partial charge in [-0.2, -0.15) is 27.0 Å². The SMILES string of the molecule is C=CCCCC(=O)OC.COC(=O)CCCC1CC1.ClCCl.ICI.O=CC(F)(F)F.[CH2-]C.[CH2-]C.[Zn+2]. The van der Waals surface area contributed by atoms with Crippen LogP contribution in [0.15, 0.2) is 12.7 Å². The number of esters is 2. The molecule has 0 atom stereocenters. The Morgan fingerprint density at radius 2 is 1.31 bits per heavy atom. The Balaban J connectivity index is -0.0000000596. The summed E-state index contributed by atoms with van der Waals surface area (Å²) in [5.41, 5.74) is 0. The quantitative estimate of drug-likeness (QED) is 0.0357. The average molecular weight is 845 g/mol. The van der Waals surface area contributed by atoms with Gasteiger partial charge in [-0.3, -0.25) is 14.4 Å². The molecule has 36 heavy (non-hydrogen) atoms. The molecule has 5 nitrogen and oxygen atoms in total. The van der Waals surface area contributed by atoms with E-state index in [1.807, 2.05) is 0 Å². The van der Waals surface area contributed by atoms with Gasteiger partial charge in [-0.15, -0.1) is 29.8 Å². The smallest absolute Gasteiger partial charge is 0.469 e. The van der Waals surface area contributed by atoms with Crippen molar-refractivity contribution >= 4 is 86.6 Å². The van der Waals surface area contributed by atoms with E-state index in [0.29, 0.717) is 12.8 Å². The van der Waals surface area contributed by atoms with E-state index in [-0.39, 0.29) is 36.8 Å². The monoisotopic (exact) mass is 842 g/mol. The van der Waals surface area contributed by atoms with Gasteiger partial charge in [-0.25, -0.2) is 0 Å². The van der Waals surface area contributed by atoms with E-state index in [4.69, 9.17) is 28.0 Å². The van der Waals surface area contributed by atoms with Crippen LogP contribution >= 0.6 is 68.4 Å². The topological polar surface area (TPSA) is 69.7 Å². The summed E-state index contributed by atoms with van der Waals surface area (Å²) >= 11 is 14.1. The fourth-order valence-electron chi connectivity index (χ4n) is 1.54. The van der Waals surface area contributed by atoms with Crippen molar-refractivity contribution < 1.29 is 56.5 Å². The van der Waals surface area contributed by atoms with Crippen molar-refractivity contribution in [2.75, 3.05) is 22.0 Å². The number of rotatable bonds is 8. The van der Waals surface area contributed by atoms with Crippen LogP contribution in [0.2, 0.25) is 0 Å². The Hall–Kier alpha value is 0.803. The van der Waals surface area contributed by atoms with E-state index in [0.717, 1.165) is 25.2 Å². The van der Waals surface area contributed by atoms with Crippen LogP contribution in [0.5, 0.6) is 0 Å². The minimum atomic E-state index is -4.64. The van der Waals surface area contributed by atoms with Crippen molar-refractivity contribution in [1.82, 2.24) is 0 Å². The maximum absolute atomic E-state index is 10.6. The van der Waals surface area contributed by atoms with Gasteiger partial charge in [0.05, 0.1) is 22.0 Å². The molecule has 0 N–H and O–H groups in total. The van der Waals surface area contributed by atoms with Crippen LogP contribution in [0, 0.1) is 19.8 Å². The van der Waals surface area contributed by atoms with E-state index in [1.165, 1.54) is 35.9 Å². The summed E-state index contributed by atoms with van der Waals surface area (Å²) in [6.45, 7) is 13.5. The summed E-state index contributed by atoms with van der Waals surface area (Å²) < 4.78 is 41.4. The van der Waals surface area contributed by atoms with Gasteiger partial charge in [0.15, 0.2) is 0 Å². The molecule has 0 aromatic heterocycles. The number of alkyl halides is 7. The number of hydrogen-bond donors (Lipinski definition) is 0. The second-order valence-corrected chi connectivity index (χ2v) is 10.8. The third-order valence-electron chi connectivity index (χ3n) is 3.07. The van der Waals surface area contributed by atoms with Gasteiger partial charge in [0.1, 0.15) is 0 Å². The largest absolute Gasteiger partial charge is 2.00 e. The number of aldehydes is 1. The van der Waals surface area contributed by atoms with E-state index < -0.39 is 12.5 Å². The summed E-state index contributed by atoms with van der Waals surface area (Å²) in [5, 5.41) is 0.194. The molecule has 0 saturated heterocycles. The third-order valence-corrected chi connectivity index (χ3v) is 3.07. The molecule has 13 heteroatoms. The van der Waals surface area contributed by atoms with Crippen LogP contribution in [0.3, 0.4) is 0 Å². The Morgan fingerprint density at radius 1 is 1.00 bits per heavy atom. The van der Waals surface area contributed by atoms with Gasteiger partial charge in [-0.1, -0.05) is 64.1 Å². The van der Waals surface area contributed by atoms with Crippen LogP contribution in [-0.2, 0) is 43.3 Å². The molecule has 1 rings (SSSR count). The second kappa shape index (κ2) is 48.8. The van der Waals surface area contributed by atoms with Crippen LogP contribution in [0.1, 0.15) is 65.2 Å². The summed E-state index contributed by atoms with van der Waals surface area (Å²) in [5.74, 6) is 0.724. The molecule has 0 spiro atoms. The molecule has 1 aliphatic carbocycles. The van der Waals surface area contributed by atoms with Crippen molar-refractivity contribution in [1.29, 1.82) is 0 Å². The van der Waals surface area contributed by atoms with E-state index in [9.17, 15) is 22.8 Å². The van der Waals surface area contributed by atoms with Crippen molar-refractivity contribution in [2.24, 2.45) is 5.92 Å². The Labute approximate surface area is 266 Å². The molecule has 0 amide bonds. The number of methoxy groups -OCH3 is 2. The summed E-state index contributed by atoms with van der Waals surface area (Å²) in [6.07, 6.45) is 3.91. The zero-order chi connectivity index (χ0) is 29.1. The molecule has 0 aliphatic heterocycles. The Bertz CT molecular complexity index is 446. The number of unbranched alkanes of at least 4 members (excludes halogenated alkanes) is 1. The predicted molar refractivity (Wildman–Crippen MR) is 158 cm³/mol. The maximum atomic E-state index is 10.6. The molecule has 0 aromatic rings. The third kappa shape index (κ3) is 83.7. The normalized spacial score (nSPS) is 10.0. The van der Waals surface area contributed by atoms with Crippen molar-refractivity contribution in [3.63, 3.8) is 0 Å². The molecule has 0 bridgehead atoms. The number of ether oxygens (including phenoxy) is 2. The molecule has 1 saturated carbocycles. The van der Waals surface area contributed by atoms with Gasteiger partial charge in [0, 0.05) is 12.8 Å². The standard InChI is InChI=1S/C8H14O2.C7H12O2.C2HF3O.2C2H5.CH2Cl2.CH2I2.Zn/c1-10-8(9)4-2-3-7-5-6-7;1-3-4-5-6-7(8)9-2;3-2(4,5)1-6;2*1-2;2*2-1-3;/h7H,2-6H2,1H3;3H,1,4-6H2,2H3;1H;2*1H2,2H3;2*1H2;/q;;;2*-1;;;+2. The number of hydrogen-bond acceptors (Lipinski definition) is 5. The fourth-order valence-corrected chi connectivity index (χ4v) is 1.54. The molecule has 0 heterocycles. The van der Waals surface area contributed by atoms with Crippen molar-refractivity contribution in [3.8, 4) is 0 Å². The Kier molecular flexibility index (Phi) is 72.0. The zero-order valence-corrected chi connectivity index (χ0v) is 30.6. The van der Waals surface area contributed by atoms with E-state index >= 15 is 0 Å². The van der Waals surface area contributed by atoms with Gasteiger partial charge < -0.3 is 23.3 Å². The van der Waals surface area contributed by atoms with E-state index in [2.05, 4.69) is 75.1 Å². The molecule has 0 aromatic carbocycles. The maximum Gasteiger partial charge on any atom is 2.00 e. The number of allylic oxidation sites excluding steroid dienone is 1. The molecule has 1 aliphatic rings. The van der Waals surface area contributed by atoms with Gasteiger partial charge >= 0.3 is 37.6 Å². The Morgan fingerprint density at radius 3 is 1.53 bits per heavy atom. The minimum absolute atomic E-state index is 0. The second-order valence-electron chi connectivity index (χ2n) is 5.53. The summed E-state index contributed by atoms with van der Waals surface area (Å²) in [6, 6.07) is 0. The minimum Gasteiger partial charge on any atom is -0.469 e. The zero-order valence-electron chi connectivity index (χ0n) is 21.8. The molecule has 214 valence electrons. The molecular weight excluding hydrogens is 803 g/mol. The first-order chi connectivity index (χ1) is 16.5. The van der Waals surface area contributed by atoms with Crippen LogP contribution in [0.25, 0.3) is 0 Å². The van der Waals surface area contributed by atoms with Crippen molar-refractivity contribution in [2.45, 2.75) is 71.4 Å². The van der Waals surface area contributed by atoms with Gasteiger partial charge in [-0.05, 0) is 31.6 Å². The van der Waals surface area contributed by atoms with Gasteiger partial charge in [0.25, 0.3) is 0 Å². The summed E-state index contributed by atoms with van der Waals surface area (Å²) in [7, 11) is 2.84. The predicted octanol–water partition coefficient (Wildman–Crippen LogP) is 8.92. The number of halogens is 7. The molecular formula is C23H41Cl2F3I2O5Zn. The first kappa shape index (κ1) is 53.1. The number of carbonyl (C=O) groups is 3. The summed E-state index contributed by atoms with van der Waals surface area (Å²) in [4.78, 5) is 29.7. The molecule has 1 fully saturated rings. The average Bonchev–Trinajstić information content (AvgIpc) is 3.67. The van der Waals surface area contributed by atoms with Crippen LogP contribution < -0.4 is 0 Å². The molecule has 0 unspecified atom stereocenters. The first-order valence-corrected chi connectivity index (χ1v) is 14.6. The van der Waals surface area contributed by atoms with E-state index in [1.54, 1.807) is 19.9 Å². The fraction of sp³-hybridized carbons (Fsp3) is 0.696. The van der Waals surface area contributed by atoms with Crippen molar-refractivity contribution in [3.05, 3.63) is 26.5 Å².